The Morgan fingerprint density at radius 1 is 1.53 bits per heavy atom. The zero-order valence-corrected chi connectivity index (χ0v) is 10.3. The zero-order valence-electron chi connectivity index (χ0n) is 10.3. The molecule has 1 aromatic rings. The molecule has 0 aliphatic carbocycles. The van der Waals surface area contributed by atoms with E-state index < -0.39 is 0 Å². The molecular weight excluding hydrogens is 216 g/mol. The molecular formula is C12H20N4O. The van der Waals surface area contributed by atoms with E-state index in [0.29, 0.717) is 12.3 Å². The summed E-state index contributed by atoms with van der Waals surface area (Å²) in [5.41, 5.74) is 8.93. The van der Waals surface area contributed by atoms with Gasteiger partial charge >= 0.3 is 0 Å². The predicted molar refractivity (Wildman–Crippen MR) is 66.4 cm³/mol. The summed E-state index contributed by atoms with van der Waals surface area (Å²) in [5, 5.41) is 14.8. The van der Waals surface area contributed by atoms with E-state index in [1.54, 1.807) is 0 Å². The Labute approximate surface area is 101 Å². The summed E-state index contributed by atoms with van der Waals surface area (Å²) in [6.07, 6.45) is 3.50. The molecule has 0 aromatic carbocycles. The summed E-state index contributed by atoms with van der Waals surface area (Å²) in [5.74, 6) is 0.735. The monoisotopic (exact) mass is 236 g/mol. The van der Waals surface area contributed by atoms with E-state index in [-0.39, 0.29) is 5.84 Å². The average Bonchev–Trinajstić information content (AvgIpc) is 2.69. The summed E-state index contributed by atoms with van der Waals surface area (Å²) >= 11 is 0. The molecule has 0 amide bonds. The van der Waals surface area contributed by atoms with Gasteiger partial charge in [-0.3, -0.25) is 10.5 Å². The molecule has 0 bridgehead atoms. The minimum Gasteiger partial charge on any atom is -0.388 e. The van der Waals surface area contributed by atoms with E-state index in [1.807, 2.05) is 6.92 Å². The topological polar surface area (TPSA) is 87.8 Å². The van der Waals surface area contributed by atoms with Gasteiger partial charge in [0.1, 0.15) is 0 Å². The molecule has 94 valence electrons. The minimum absolute atomic E-state index is 0.239. The Morgan fingerprint density at radius 2 is 2.24 bits per heavy atom. The first kappa shape index (κ1) is 12.1. The maximum atomic E-state index is 7.31. The van der Waals surface area contributed by atoms with Crippen molar-refractivity contribution >= 4 is 5.84 Å². The van der Waals surface area contributed by atoms with Crippen molar-refractivity contribution in [3.05, 3.63) is 17.0 Å². The van der Waals surface area contributed by atoms with E-state index >= 15 is 0 Å². The van der Waals surface area contributed by atoms with Crippen LogP contribution in [0.5, 0.6) is 0 Å². The van der Waals surface area contributed by atoms with Crippen molar-refractivity contribution in [3.63, 3.8) is 0 Å². The smallest absolute Gasteiger partial charge is 0.0908 e. The van der Waals surface area contributed by atoms with Gasteiger partial charge in [-0.1, -0.05) is 0 Å². The molecule has 1 saturated heterocycles. The average molecular weight is 236 g/mol. The number of aromatic amines is 1. The first-order valence-electron chi connectivity index (χ1n) is 6.13. The molecule has 0 unspecified atom stereocenters. The lowest BCUT2D eigenvalue weighted by Crippen LogP contribution is -2.16. The Bertz CT molecular complexity index is 393. The van der Waals surface area contributed by atoms with Crippen LogP contribution in [0.3, 0.4) is 0 Å². The van der Waals surface area contributed by atoms with Crippen molar-refractivity contribution < 1.29 is 4.74 Å². The number of ether oxygens (including phenoxy) is 1. The fourth-order valence-corrected chi connectivity index (χ4v) is 2.36. The van der Waals surface area contributed by atoms with Gasteiger partial charge in [-0.25, -0.2) is 0 Å². The largest absolute Gasteiger partial charge is 0.388 e. The van der Waals surface area contributed by atoms with Crippen LogP contribution in [0.25, 0.3) is 0 Å². The van der Waals surface area contributed by atoms with Gasteiger partial charge in [-0.2, -0.15) is 5.10 Å². The highest BCUT2D eigenvalue weighted by Crippen LogP contribution is 2.29. The van der Waals surface area contributed by atoms with Crippen LogP contribution < -0.4 is 5.73 Å². The number of hydrogen-bond acceptors (Lipinski definition) is 3. The Balaban J connectivity index is 2.12. The molecule has 1 fully saturated rings. The number of nitrogens with two attached hydrogens (primary N) is 1. The molecule has 1 aromatic heterocycles. The van der Waals surface area contributed by atoms with Crippen LogP contribution in [0, 0.1) is 12.3 Å². The standard InChI is InChI=1S/C12H20N4O/c1-8-10(2-3-11(13)14)12(16-15-8)9-4-6-17-7-5-9/h9H,2-7H2,1H3,(H3,13,14)(H,15,16). The SMILES string of the molecule is Cc1[nH]nc(C2CCOCC2)c1CCC(=N)N. The van der Waals surface area contributed by atoms with E-state index in [4.69, 9.17) is 15.9 Å². The third kappa shape index (κ3) is 2.85. The second-order valence-corrected chi connectivity index (χ2v) is 4.62. The molecule has 1 aliphatic heterocycles. The van der Waals surface area contributed by atoms with Crippen molar-refractivity contribution in [2.24, 2.45) is 5.73 Å². The van der Waals surface area contributed by atoms with Gasteiger partial charge in [0.25, 0.3) is 0 Å². The molecule has 17 heavy (non-hydrogen) atoms. The van der Waals surface area contributed by atoms with Crippen LogP contribution in [0.4, 0.5) is 0 Å². The van der Waals surface area contributed by atoms with Gasteiger partial charge in [-0.15, -0.1) is 0 Å². The van der Waals surface area contributed by atoms with Crippen molar-refractivity contribution in [2.75, 3.05) is 13.2 Å². The summed E-state index contributed by atoms with van der Waals surface area (Å²) < 4.78 is 5.37. The van der Waals surface area contributed by atoms with Crippen molar-refractivity contribution in [1.29, 1.82) is 5.41 Å². The van der Waals surface area contributed by atoms with Crippen molar-refractivity contribution in [2.45, 2.75) is 38.5 Å². The number of H-pyrrole nitrogens is 1. The molecule has 2 heterocycles. The molecule has 0 atom stereocenters. The number of aryl methyl sites for hydroxylation is 1. The second kappa shape index (κ2) is 5.31. The van der Waals surface area contributed by atoms with E-state index in [2.05, 4.69) is 10.2 Å². The number of nitrogens with zero attached hydrogens (tertiary/aromatic N) is 1. The van der Waals surface area contributed by atoms with Crippen LogP contribution >= 0.6 is 0 Å². The van der Waals surface area contributed by atoms with Crippen LogP contribution in [0.2, 0.25) is 0 Å². The lowest BCUT2D eigenvalue weighted by molar-refractivity contribution is 0.0843. The van der Waals surface area contributed by atoms with Gasteiger partial charge in [0.2, 0.25) is 0 Å². The number of amidine groups is 1. The van der Waals surface area contributed by atoms with E-state index in [1.165, 1.54) is 5.56 Å². The Kier molecular flexibility index (Phi) is 3.78. The molecule has 0 radical (unpaired) electrons. The van der Waals surface area contributed by atoms with Gasteiger partial charge in [0, 0.05) is 31.2 Å². The number of rotatable bonds is 4. The van der Waals surface area contributed by atoms with Crippen LogP contribution in [-0.4, -0.2) is 29.2 Å². The van der Waals surface area contributed by atoms with Crippen LogP contribution in [0.1, 0.15) is 42.1 Å². The first-order valence-corrected chi connectivity index (χ1v) is 6.13. The number of nitrogens with one attached hydrogen (secondary N) is 2. The Hall–Kier alpha value is -1.36. The van der Waals surface area contributed by atoms with E-state index in [0.717, 1.165) is 43.9 Å². The van der Waals surface area contributed by atoms with E-state index in [9.17, 15) is 0 Å². The van der Waals surface area contributed by atoms with Crippen molar-refractivity contribution in [1.82, 2.24) is 10.2 Å². The molecule has 1 aliphatic rings. The second-order valence-electron chi connectivity index (χ2n) is 4.62. The third-order valence-electron chi connectivity index (χ3n) is 3.36. The minimum atomic E-state index is 0.239. The molecule has 5 nitrogen and oxygen atoms in total. The zero-order chi connectivity index (χ0) is 12.3. The molecule has 2 rings (SSSR count). The lowest BCUT2D eigenvalue weighted by atomic mass is 9.91. The normalized spacial score (nSPS) is 17.2. The number of hydrogen-bond donors (Lipinski definition) is 3. The highest BCUT2D eigenvalue weighted by molar-refractivity contribution is 5.77. The number of aromatic nitrogens is 2. The van der Waals surface area contributed by atoms with Gasteiger partial charge < -0.3 is 10.5 Å². The highest BCUT2D eigenvalue weighted by atomic mass is 16.5. The molecule has 0 spiro atoms. The van der Waals surface area contributed by atoms with Crippen LogP contribution in [-0.2, 0) is 11.2 Å². The summed E-state index contributed by atoms with van der Waals surface area (Å²) in [4.78, 5) is 0. The summed E-state index contributed by atoms with van der Waals surface area (Å²) in [6, 6.07) is 0. The van der Waals surface area contributed by atoms with Gasteiger partial charge in [-0.05, 0) is 31.7 Å². The maximum Gasteiger partial charge on any atom is 0.0908 e. The Morgan fingerprint density at radius 3 is 2.88 bits per heavy atom. The summed E-state index contributed by atoms with van der Waals surface area (Å²) in [6.45, 7) is 3.68. The molecule has 0 saturated carbocycles. The van der Waals surface area contributed by atoms with Gasteiger partial charge in [0.05, 0.1) is 11.5 Å². The first-order chi connectivity index (χ1) is 8.18. The fourth-order valence-electron chi connectivity index (χ4n) is 2.36. The maximum absolute atomic E-state index is 7.31. The summed E-state index contributed by atoms with van der Waals surface area (Å²) in [7, 11) is 0. The molecule has 5 heteroatoms. The fraction of sp³-hybridized carbons (Fsp3) is 0.667. The third-order valence-corrected chi connectivity index (χ3v) is 3.36. The molecule has 4 N–H and O–H groups in total. The van der Waals surface area contributed by atoms with Crippen LogP contribution in [0.15, 0.2) is 0 Å². The highest BCUT2D eigenvalue weighted by Gasteiger charge is 2.22. The quantitative estimate of drug-likeness (QED) is 0.546. The van der Waals surface area contributed by atoms with Gasteiger partial charge in [0.15, 0.2) is 0 Å². The predicted octanol–water partition coefficient (Wildman–Crippen LogP) is 1.48. The lowest BCUT2D eigenvalue weighted by Gasteiger charge is -2.21. The van der Waals surface area contributed by atoms with Crippen molar-refractivity contribution in [3.8, 4) is 0 Å².